The molecular formula is C24H29NO5. The second kappa shape index (κ2) is 8.84. The van der Waals surface area contributed by atoms with Crippen LogP contribution in [0.15, 0.2) is 42.5 Å². The van der Waals surface area contributed by atoms with E-state index in [1.807, 2.05) is 12.1 Å². The van der Waals surface area contributed by atoms with E-state index in [9.17, 15) is 25.7 Å². The third-order valence-corrected chi connectivity index (χ3v) is 5.69. The van der Waals surface area contributed by atoms with E-state index >= 15 is 0 Å². The molecule has 2 aromatic carbocycles. The maximum Gasteiger partial charge on any atom is 0.113 e. The highest BCUT2D eigenvalue weighted by Crippen LogP contribution is 2.33. The quantitative estimate of drug-likeness (QED) is 0.612. The van der Waals surface area contributed by atoms with E-state index in [4.69, 9.17) is 4.74 Å². The highest BCUT2D eigenvalue weighted by atomic mass is 16.5. The molecule has 1 aliphatic heterocycles. The Morgan fingerprint density at radius 2 is 1.63 bits per heavy atom. The van der Waals surface area contributed by atoms with E-state index in [1.165, 1.54) is 5.56 Å². The normalized spacial score (nSPS) is 26.9. The van der Waals surface area contributed by atoms with Gasteiger partial charge in [-0.05, 0) is 40.2 Å². The van der Waals surface area contributed by atoms with Crippen LogP contribution in [-0.2, 0) is 16.6 Å². The Hall–Kier alpha value is -2.27. The summed E-state index contributed by atoms with van der Waals surface area (Å²) >= 11 is 0. The zero-order valence-electron chi connectivity index (χ0n) is 17.5. The van der Waals surface area contributed by atoms with Gasteiger partial charge in [-0.15, -0.1) is 0 Å². The number of benzene rings is 2. The van der Waals surface area contributed by atoms with Crippen molar-refractivity contribution in [2.24, 2.45) is 0 Å². The fourth-order valence-electron chi connectivity index (χ4n) is 3.77. The van der Waals surface area contributed by atoms with Crippen molar-refractivity contribution in [3.63, 3.8) is 0 Å². The van der Waals surface area contributed by atoms with Gasteiger partial charge in [-0.1, -0.05) is 57.2 Å². The lowest BCUT2D eigenvalue weighted by molar-refractivity contribution is -0.231. The average molecular weight is 411 g/mol. The highest BCUT2D eigenvalue weighted by molar-refractivity contribution is 5.44. The maximum absolute atomic E-state index is 10.4. The monoisotopic (exact) mass is 411 g/mol. The topological polar surface area (TPSA) is 114 Å². The van der Waals surface area contributed by atoms with Crippen LogP contribution in [0.2, 0.25) is 0 Å². The van der Waals surface area contributed by atoms with E-state index in [0.29, 0.717) is 17.5 Å². The molecule has 0 amide bonds. The molecule has 5 atom stereocenters. The molecule has 1 saturated heterocycles. The fraction of sp³-hybridized carbons (Fsp3) is 0.458. The van der Waals surface area contributed by atoms with E-state index in [1.54, 1.807) is 18.2 Å². The summed E-state index contributed by atoms with van der Waals surface area (Å²) in [6.07, 6.45) is -5.56. The van der Waals surface area contributed by atoms with Gasteiger partial charge in [0.25, 0.3) is 0 Å². The minimum absolute atomic E-state index is 0.0549. The Bertz CT molecular complexity index is 911. The summed E-state index contributed by atoms with van der Waals surface area (Å²) in [4.78, 5) is 0. The molecular weight excluding hydrogens is 382 g/mol. The Morgan fingerprint density at radius 1 is 0.967 bits per heavy atom. The first-order valence-corrected chi connectivity index (χ1v) is 10.1. The van der Waals surface area contributed by atoms with E-state index in [0.717, 1.165) is 11.1 Å². The van der Waals surface area contributed by atoms with Crippen molar-refractivity contribution in [2.75, 3.05) is 6.61 Å². The minimum Gasteiger partial charge on any atom is -0.394 e. The van der Waals surface area contributed by atoms with E-state index in [-0.39, 0.29) is 5.41 Å². The molecule has 3 rings (SSSR count). The lowest BCUT2D eigenvalue weighted by atomic mass is 9.86. The van der Waals surface area contributed by atoms with Gasteiger partial charge >= 0.3 is 0 Å². The summed E-state index contributed by atoms with van der Waals surface area (Å²) in [6.45, 7) is 5.98. The molecule has 160 valence electrons. The van der Waals surface area contributed by atoms with Crippen LogP contribution in [0.25, 0.3) is 0 Å². The fourth-order valence-corrected chi connectivity index (χ4v) is 3.77. The summed E-state index contributed by atoms with van der Waals surface area (Å²) < 4.78 is 5.66. The summed E-state index contributed by atoms with van der Waals surface area (Å²) in [6, 6.07) is 15.6. The van der Waals surface area contributed by atoms with Crippen molar-refractivity contribution in [1.82, 2.24) is 0 Å². The van der Waals surface area contributed by atoms with Crippen LogP contribution in [-0.4, -0.2) is 51.4 Å². The molecule has 0 aromatic heterocycles. The number of ether oxygens (including phenoxy) is 1. The van der Waals surface area contributed by atoms with Crippen LogP contribution < -0.4 is 0 Å². The van der Waals surface area contributed by atoms with Crippen molar-refractivity contribution < 1.29 is 25.2 Å². The molecule has 6 heteroatoms. The number of hydrogen-bond donors (Lipinski definition) is 4. The Morgan fingerprint density at radius 3 is 2.20 bits per heavy atom. The van der Waals surface area contributed by atoms with Crippen molar-refractivity contribution >= 4 is 0 Å². The molecule has 0 aliphatic carbocycles. The number of aliphatic hydroxyl groups is 4. The number of aliphatic hydroxyl groups excluding tert-OH is 4. The van der Waals surface area contributed by atoms with Gasteiger partial charge in [0.15, 0.2) is 0 Å². The lowest BCUT2D eigenvalue weighted by Gasteiger charge is -2.40. The number of nitriles is 1. The van der Waals surface area contributed by atoms with Gasteiger partial charge in [0.2, 0.25) is 0 Å². The van der Waals surface area contributed by atoms with E-state index < -0.39 is 37.1 Å². The standard InChI is InChI=1S/C24H29NO5/c1-24(2,3)18-8-4-14(5-9-18)10-17-11-15(6-7-16(17)12-25)23-22(29)21(28)20(27)19(13-26)30-23/h4-9,11,19-23,26-29H,10,13H2,1-3H3/t19?,20-,21?,22-,23+/m1/s1. The summed E-state index contributed by atoms with van der Waals surface area (Å²) in [5.74, 6) is 0. The third-order valence-electron chi connectivity index (χ3n) is 5.69. The molecule has 30 heavy (non-hydrogen) atoms. The van der Waals surface area contributed by atoms with Crippen LogP contribution >= 0.6 is 0 Å². The molecule has 2 unspecified atom stereocenters. The highest BCUT2D eigenvalue weighted by Gasteiger charge is 2.44. The largest absolute Gasteiger partial charge is 0.394 e. The first-order valence-electron chi connectivity index (χ1n) is 10.1. The van der Waals surface area contributed by atoms with Gasteiger partial charge in [0.05, 0.1) is 18.2 Å². The van der Waals surface area contributed by atoms with Crippen LogP contribution in [0.1, 0.15) is 54.7 Å². The Labute approximate surface area is 177 Å². The predicted molar refractivity (Wildman–Crippen MR) is 112 cm³/mol. The number of rotatable bonds is 4. The van der Waals surface area contributed by atoms with Crippen LogP contribution in [0, 0.1) is 11.3 Å². The molecule has 1 fully saturated rings. The summed E-state index contributed by atoms with van der Waals surface area (Å²) in [7, 11) is 0. The van der Waals surface area contributed by atoms with Gasteiger partial charge < -0.3 is 25.2 Å². The average Bonchev–Trinajstić information content (AvgIpc) is 2.72. The Balaban J connectivity index is 1.90. The van der Waals surface area contributed by atoms with Crippen molar-refractivity contribution in [3.05, 3.63) is 70.3 Å². The molecule has 6 nitrogen and oxygen atoms in total. The van der Waals surface area contributed by atoms with Gasteiger partial charge in [-0.25, -0.2) is 0 Å². The Kier molecular flexibility index (Phi) is 6.61. The predicted octanol–water partition coefficient (Wildman–Crippen LogP) is 1.96. The zero-order chi connectivity index (χ0) is 22.1. The van der Waals surface area contributed by atoms with E-state index in [2.05, 4.69) is 39.0 Å². The van der Waals surface area contributed by atoms with Gasteiger partial charge in [-0.2, -0.15) is 5.26 Å². The molecule has 0 saturated carbocycles. The van der Waals surface area contributed by atoms with Crippen LogP contribution in [0.5, 0.6) is 0 Å². The van der Waals surface area contributed by atoms with Crippen molar-refractivity contribution in [1.29, 1.82) is 5.26 Å². The summed E-state index contributed by atoms with van der Waals surface area (Å²) in [5.41, 5.74) is 4.19. The second-order valence-electron chi connectivity index (χ2n) is 8.90. The third kappa shape index (κ3) is 4.56. The first kappa shape index (κ1) is 22.4. The molecule has 0 radical (unpaired) electrons. The molecule has 4 N–H and O–H groups in total. The number of hydrogen-bond acceptors (Lipinski definition) is 6. The van der Waals surface area contributed by atoms with Gasteiger partial charge in [0.1, 0.15) is 30.5 Å². The molecule has 2 aromatic rings. The molecule has 0 spiro atoms. The SMILES string of the molecule is CC(C)(C)c1ccc(Cc2cc([C@@H]3OC(CO)[C@@H](O)C(O)[C@H]3O)ccc2C#N)cc1. The second-order valence-corrected chi connectivity index (χ2v) is 8.90. The number of nitrogens with zero attached hydrogens (tertiary/aromatic N) is 1. The lowest BCUT2D eigenvalue weighted by Crippen LogP contribution is -2.55. The summed E-state index contributed by atoms with van der Waals surface area (Å²) in [5, 5.41) is 49.4. The van der Waals surface area contributed by atoms with Gasteiger partial charge in [-0.3, -0.25) is 0 Å². The van der Waals surface area contributed by atoms with Crippen molar-refractivity contribution in [3.8, 4) is 6.07 Å². The molecule has 0 bridgehead atoms. The minimum atomic E-state index is -1.44. The van der Waals surface area contributed by atoms with Crippen molar-refractivity contribution in [2.45, 2.75) is 63.1 Å². The maximum atomic E-state index is 10.4. The molecule has 1 heterocycles. The first-order chi connectivity index (χ1) is 14.2. The molecule has 1 aliphatic rings. The smallest absolute Gasteiger partial charge is 0.113 e. The zero-order valence-corrected chi connectivity index (χ0v) is 17.5. The van der Waals surface area contributed by atoms with Crippen LogP contribution in [0.4, 0.5) is 0 Å². The van der Waals surface area contributed by atoms with Crippen LogP contribution in [0.3, 0.4) is 0 Å². The van der Waals surface area contributed by atoms with Gasteiger partial charge in [0, 0.05) is 0 Å².